The highest BCUT2D eigenvalue weighted by Gasteiger charge is 2.12. The number of hydrogen-bond acceptors (Lipinski definition) is 5. The molecule has 3 rings (SSSR count). The van der Waals surface area contributed by atoms with Crippen molar-refractivity contribution < 1.29 is 23.8 Å². The first-order chi connectivity index (χ1) is 13.1. The average Bonchev–Trinajstić information content (AvgIpc) is 3.14. The number of esters is 1. The van der Waals surface area contributed by atoms with Crippen LogP contribution >= 0.6 is 11.6 Å². The lowest BCUT2D eigenvalue weighted by Gasteiger charge is -2.06. The third-order valence-corrected chi connectivity index (χ3v) is 4.06. The van der Waals surface area contributed by atoms with Crippen LogP contribution in [0.1, 0.15) is 11.1 Å². The predicted molar refractivity (Wildman–Crippen MR) is 101 cm³/mol. The minimum absolute atomic E-state index is 0.192. The van der Waals surface area contributed by atoms with Gasteiger partial charge in [-0.25, -0.2) is 4.79 Å². The number of halogens is 1. The van der Waals surface area contributed by atoms with Gasteiger partial charge >= 0.3 is 5.97 Å². The zero-order chi connectivity index (χ0) is 19.1. The molecule has 0 bridgehead atoms. The molecule has 0 radical (unpaired) electrons. The summed E-state index contributed by atoms with van der Waals surface area (Å²) in [6.07, 6.45) is 3.52. The third-order valence-electron chi connectivity index (χ3n) is 3.80. The Morgan fingerprint density at radius 1 is 1.11 bits per heavy atom. The Balaban J connectivity index is 1.37. The summed E-state index contributed by atoms with van der Waals surface area (Å²) in [5.74, 6) is 0.352. The van der Waals surface area contributed by atoms with E-state index in [9.17, 15) is 9.59 Å². The molecule has 0 saturated carbocycles. The normalized spacial score (nSPS) is 12.2. The van der Waals surface area contributed by atoms with Gasteiger partial charge in [0.05, 0.1) is 0 Å². The zero-order valence-corrected chi connectivity index (χ0v) is 15.2. The fourth-order valence-corrected chi connectivity index (χ4v) is 2.54. The minimum atomic E-state index is -0.597. The molecule has 1 aliphatic heterocycles. The molecule has 0 spiro atoms. The van der Waals surface area contributed by atoms with Crippen molar-refractivity contribution in [1.29, 1.82) is 0 Å². The molecule has 7 heteroatoms. The molecule has 0 saturated heterocycles. The van der Waals surface area contributed by atoms with Gasteiger partial charge in [-0.05, 0) is 47.9 Å². The summed E-state index contributed by atoms with van der Waals surface area (Å²) in [4.78, 5) is 23.5. The Morgan fingerprint density at radius 3 is 2.70 bits per heavy atom. The summed E-state index contributed by atoms with van der Waals surface area (Å²) in [5.41, 5.74) is 1.83. The van der Waals surface area contributed by atoms with Gasteiger partial charge in [-0.3, -0.25) is 4.79 Å². The van der Waals surface area contributed by atoms with Gasteiger partial charge in [0.15, 0.2) is 18.1 Å². The summed E-state index contributed by atoms with van der Waals surface area (Å²) in [6, 6.07) is 12.7. The molecule has 1 N–H and O–H groups in total. The van der Waals surface area contributed by atoms with E-state index in [2.05, 4.69) is 5.32 Å². The first-order valence-electron chi connectivity index (χ1n) is 8.36. The van der Waals surface area contributed by atoms with Gasteiger partial charge in [0, 0.05) is 17.6 Å². The van der Waals surface area contributed by atoms with E-state index >= 15 is 0 Å². The first-order valence-corrected chi connectivity index (χ1v) is 8.73. The number of benzene rings is 2. The molecule has 27 heavy (non-hydrogen) atoms. The highest BCUT2D eigenvalue weighted by molar-refractivity contribution is 6.30. The third kappa shape index (κ3) is 5.76. The largest absolute Gasteiger partial charge is 0.454 e. The molecule has 1 amide bonds. The van der Waals surface area contributed by atoms with Gasteiger partial charge < -0.3 is 19.5 Å². The topological polar surface area (TPSA) is 73.9 Å². The lowest BCUT2D eigenvalue weighted by molar-refractivity contribution is -0.143. The van der Waals surface area contributed by atoms with Gasteiger partial charge in [-0.15, -0.1) is 0 Å². The summed E-state index contributed by atoms with van der Waals surface area (Å²) < 4.78 is 15.4. The summed E-state index contributed by atoms with van der Waals surface area (Å²) >= 11 is 5.82. The number of amides is 1. The molecule has 140 valence electrons. The van der Waals surface area contributed by atoms with E-state index in [0.29, 0.717) is 29.5 Å². The predicted octanol–water partition coefficient (Wildman–Crippen LogP) is 2.98. The lowest BCUT2D eigenvalue weighted by atomic mass is 10.1. The van der Waals surface area contributed by atoms with Crippen LogP contribution in [0.5, 0.6) is 11.5 Å². The second-order valence-corrected chi connectivity index (χ2v) is 6.22. The maximum absolute atomic E-state index is 11.7. The van der Waals surface area contributed by atoms with Crippen molar-refractivity contribution in [2.75, 3.05) is 19.9 Å². The van der Waals surface area contributed by atoms with Crippen LogP contribution in [0, 0.1) is 0 Å². The average molecular weight is 388 g/mol. The number of ether oxygens (including phenoxy) is 3. The smallest absolute Gasteiger partial charge is 0.331 e. The van der Waals surface area contributed by atoms with Crippen molar-refractivity contribution in [3.63, 3.8) is 0 Å². The first kappa shape index (κ1) is 18.8. The highest BCUT2D eigenvalue weighted by atomic mass is 35.5. The Bertz CT molecular complexity index is 848. The van der Waals surface area contributed by atoms with Gasteiger partial charge in [-0.2, -0.15) is 0 Å². The van der Waals surface area contributed by atoms with Crippen molar-refractivity contribution in [3.8, 4) is 11.5 Å². The standard InChI is InChI=1S/C20H18ClNO5/c21-16-5-1-14(2-6-16)9-10-22-19(23)12-25-20(24)8-4-15-3-7-17-18(11-15)27-13-26-17/h1-8,11H,9-10,12-13H2,(H,22,23)/b8-4+. The number of fused-ring (bicyclic) bond motifs is 1. The molecular formula is C20H18ClNO5. The van der Waals surface area contributed by atoms with Gasteiger partial charge in [0.2, 0.25) is 6.79 Å². The van der Waals surface area contributed by atoms with E-state index in [-0.39, 0.29) is 19.3 Å². The van der Waals surface area contributed by atoms with Crippen molar-refractivity contribution in [1.82, 2.24) is 5.32 Å². The SMILES string of the molecule is O=C(COC(=O)/C=C/c1ccc2c(c1)OCO2)NCCc1ccc(Cl)cc1. The monoisotopic (exact) mass is 387 g/mol. The minimum Gasteiger partial charge on any atom is -0.454 e. The van der Waals surface area contributed by atoms with Crippen LogP contribution < -0.4 is 14.8 Å². The zero-order valence-electron chi connectivity index (χ0n) is 14.4. The molecule has 1 aliphatic rings. The van der Waals surface area contributed by atoms with E-state index in [1.807, 2.05) is 12.1 Å². The van der Waals surface area contributed by atoms with Gasteiger partial charge in [0.25, 0.3) is 5.91 Å². The fraction of sp³-hybridized carbons (Fsp3) is 0.200. The molecule has 2 aromatic carbocycles. The van der Waals surface area contributed by atoms with Crippen molar-refractivity contribution in [2.24, 2.45) is 0 Å². The van der Waals surface area contributed by atoms with Crippen molar-refractivity contribution >= 4 is 29.6 Å². The lowest BCUT2D eigenvalue weighted by Crippen LogP contribution is -2.30. The Labute approximate surface area is 161 Å². The Hall–Kier alpha value is -2.99. The van der Waals surface area contributed by atoms with Crippen LogP contribution in [0.2, 0.25) is 5.02 Å². The fourth-order valence-electron chi connectivity index (χ4n) is 2.41. The van der Waals surface area contributed by atoms with E-state index in [0.717, 1.165) is 11.1 Å². The molecule has 0 fully saturated rings. The maximum atomic E-state index is 11.7. The number of carbonyl (C=O) groups is 2. The van der Waals surface area contributed by atoms with E-state index in [1.165, 1.54) is 6.08 Å². The summed E-state index contributed by atoms with van der Waals surface area (Å²) in [7, 11) is 0. The Morgan fingerprint density at radius 2 is 1.89 bits per heavy atom. The highest BCUT2D eigenvalue weighted by Crippen LogP contribution is 2.32. The van der Waals surface area contributed by atoms with Crippen LogP contribution in [-0.4, -0.2) is 31.8 Å². The second-order valence-electron chi connectivity index (χ2n) is 5.78. The van der Waals surface area contributed by atoms with Crippen LogP contribution in [0.25, 0.3) is 6.08 Å². The molecule has 0 unspecified atom stereocenters. The van der Waals surface area contributed by atoms with Gasteiger partial charge in [-0.1, -0.05) is 29.8 Å². The second kappa shape index (κ2) is 9.09. The molecule has 0 aromatic heterocycles. The molecule has 0 aliphatic carbocycles. The van der Waals surface area contributed by atoms with E-state index in [4.69, 9.17) is 25.8 Å². The van der Waals surface area contributed by atoms with Crippen LogP contribution in [0.4, 0.5) is 0 Å². The molecule has 0 atom stereocenters. The number of rotatable bonds is 7. The summed E-state index contributed by atoms with van der Waals surface area (Å²) in [5, 5.41) is 3.37. The summed E-state index contributed by atoms with van der Waals surface area (Å²) in [6.45, 7) is 0.313. The van der Waals surface area contributed by atoms with Crippen LogP contribution in [-0.2, 0) is 20.7 Å². The number of carbonyl (C=O) groups excluding carboxylic acids is 2. The molecular weight excluding hydrogens is 370 g/mol. The van der Waals surface area contributed by atoms with E-state index in [1.54, 1.807) is 36.4 Å². The quantitative estimate of drug-likeness (QED) is 0.584. The van der Waals surface area contributed by atoms with Crippen LogP contribution in [0.3, 0.4) is 0 Å². The Kier molecular flexibility index (Phi) is 6.33. The van der Waals surface area contributed by atoms with Crippen LogP contribution in [0.15, 0.2) is 48.5 Å². The number of hydrogen-bond donors (Lipinski definition) is 1. The molecule has 6 nitrogen and oxygen atoms in total. The maximum Gasteiger partial charge on any atom is 0.331 e. The molecule has 1 heterocycles. The van der Waals surface area contributed by atoms with Crippen molar-refractivity contribution in [3.05, 3.63) is 64.7 Å². The number of nitrogens with one attached hydrogen (secondary N) is 1. The van der Waals surface area contributed by atoms with Crippen molar-refractivity contribution in [2.45, 2.75) is 6.42 Å². The van der Waals surface area contributed by atoms with Gasteiger partial charge in [0.1, 0.15) is 0 Å². The molecule has 2 aromatic rings. The van der Waals surface area contributed by atoms with E-state index < -0.39 is 5.97 Å².